The van der Waals surface area contributed by atoms with Gasteiger partial charge >= 0.3 is 0 Å². The van der Waals surface area contributed by atoms with Crippen LogP contribution in [-0.4, -0.2) is 53.5 Å². The van der Waals surface area contributed by atoms with E-state index in [-0.39, 0.29) is 17.4 Å². The highest BCUT2D eigenvalue weighted by molar-refractivity contribution is 5.99. The summed E-state index contributed by atoms with van der Waals surface area (Å²) in [6, 6.07) is 13.7. The van der Waals surface area contributed by atoms with Gasteiger partial charge in [-0.2, -0.15) is 0 Å². The number of nitrogens with one attached hydrogen (secondary N) is 1. The zero-order valence-electron chi connectivity index (χ0n) is 18.9. The number of pyridine rings is 1. The Hall–Kier alpha value is -3.32. The molecule has 1 N–H and O–H groups in total. The molecule has 2 aromatic carbocycles. The van der Waals surface area contributed by atoms with Gasteiger partial charge in [0.15, 0.2) is 0 Å². The maximum absolute atomic E-state index is 13.5. The monoisotopic (exact) mass is 449 g/mol. The normalized spacial score (nSPS) is 16.9. The van der Waals surface area contributed by atoms with Gasteiger partial charge in [0.1, 0.15) is 11.4 Å². The van der Waals surface area contributed by atoms with Crippen molar-refractivity contribution in [3.63, 3.8) is 0 Å². The zero-order valence-corrected chi connectivity index (χ0v) is 18.9. The summed E-state index contributed by atoms with van der Waals surface area (Å²) < 4.78 is 19.3. The lowest BCUT2D eigenvalue weighted by atomic mass is 9.96. The Labute approximate surface area is 192 Å². The minimum atomic E-state index is -1.15. The minimum absolute atomic E-state index is 0.125. The van der Waals surface area contributed by atoms with Crippen LogP contribution in [0.4, 0.5) is 4.39 Å². The first kappa shape index (κ1) is 22.9. The van der Waals surface area contributed by atoms with Crippen LogP contribution in [0.25, 0.3) is 10.8 Å². The average Bonchev–Trinajstić information content (AvgIpc) is 3.03. The fraction of sp³-hybridized carbons (Fsp3) is 0.346. The Morgan fingerprint density at radius 3 is 2.85 bits per heavy atom. The molecule has 2 amide bonds. The first-order valence-corrected chi connectivity index (χ1v) is 11.1. The van der Waals surface area contributed by atoms with E-state index in [2.05, 4.69) is 28.5 Å². The van der Waals surface area contributed by atoms with E-state index in [9.17, 15) is 14.0 Å². The smallest absolute Gasteiger partial charge is 0.252 e. The number of hydrogen-bond acceptors (Lipinski definition) is 4. The quantitative estimate of drug-likeness (QED) is 0.646. The van der Waals surface area contributed by atoms with Crippen molar-refractivity contribution in [1.82, 2.24) is 15.2 Å². The standard InChI is InChI=1S/C26H28FN3O3/c1-26(2,29-24(31)21-4-3-5-23(27)14-21)25(32)30-10-11-33-17-19(16-30)12-18-6-7-20-8-9-28-15-22(20)13-18/h3-9,13-15,19H,10-12,16-17H2,1-2H3,(H,29,31)/t19-/m0/s1. The fourth-order valence-electron chi connectivity index (χ4n) is 4.22. The number of rotatable bonds is 5. The Morgan fingerprint density at radius 2 is 2.03 bits per heavy atom. The molecular weight excluding hydrogens is 421 g/mol. The summed E-state index contributed by atoms with van der Waals surface area (Å²) in [6.07, 6.45) is 4.40. The highest BCUT2D eigenvalue weighted by Gasteiger charge is 2.35. The maximum Gasteiger partial charge on any atom is 0.252 e. The molecule has 33 heavy (non-hydrogen) atoms. The highest BCUT2D eigenvalue weighted by atomic mass is 19.1. The Morgan fingerprint density at radius 1 is 1.18 bits per heavy atom. The third-order valence-corrected chi connectivity index (χ3v) is 5.90. The summed E-state index contributed by atoms with van der Waals surface area (Å²) in [5.74, 6) is -1.05. The number of carbonyl (C=O) groups excluding carboxylic acids is 2. The van der Waals surface area contributed by atoms with Crippen LogP contribution in [-0.2, 0) is 16.0 Å². The number of ether oxygens (including phenoxy) is 1. The second-order valence-electron chi connectivity index (χ2n) is 9.04. The van der Waals surface area contributed by atoms with Crippen LogP contribution >= 0.6 is 0 Å². The first-order valence-electron chi connectivity index (χ1n) is 11.1. The van der Waals surface area contributed by atoms with Crippen LogP contribution in [0.1, 0.15) is 29.8 Å². The molecule has 0 radical (unpaired) electrons. The average molecular weight is 450 g/mol. The van der Waals surface area contributed by atoms with E-state index in [4.69, 9.17) is 4.74 Å². The van der Waals surface area contributed by atoms with Crippen LogP contribution in [0, 0.1) is 11.7 Å². The molecule has 0 bridgehead atoms. The lowest BCUT2D eigenvalue weighted by Gasteiger charge is -2.33. The predicted octanol–water partition coefficient (Wildman–Crippen LogP) is 3.60. The van der Waals surface area contributed by atoms with Crippen LogP contribution in [0.5, 0.6) is 0 Å². The van der Waals surface area contributed by atoms with Gasteiger partial charge in [0.2, 0.25) is 5.91 Å². The molecule has 0 saturated carbocycles. The highest BCUT2D eigenvalue weighted by Crippen LogP contribution is 2.21. The largest absolute Gasteiger partial charge is 0.379 e. The summed E-state index contributed by atoms with van der Waals surface area (Å²) in [7, 11) is 0. The molecule has 1 saturated heterocycles. The van der Waals surface area contributed by atoms with Crippen LogP contribution in [0.2, 0.25) is 0 Å². The first-order chi connectivity index (χ1) is 15.8. The van der Waals surface area contributed by atoms with Crippen molar-refractivity contribution in [3.8, 4) is 0 Å². The number of fused-ring (bicyclic) bond motifs is 1. The van der Waals surface area contributed by atoms with Crippen molar-refractivity contribution in [2.45, 2.75) is 25.8 Å². The topological polar surface area (TPSA) is 71.5 Å². The Kier molecular flexibility index (Phi) is 6.70. The predicted molar refractivity (Wildman–Crippen MR) is 124 cm³/mol. The summed E-state index contributed by atoms with van der Waals surface area (Å²) in [4.78, 5) is 31.9. The third-order valence-electron chi connectivity index (χ3n) is 5.90. The molecule has 2 heterocycles. The molecule has 1 aliphatic rings. The Bertz CT molecular complexity index is 1160. The molecule has 3 aromatic rings. The van der Waals surface area contributed by atoms with Crippen LogP contribution < -0.4 is 5.32 Å². The molecular formula is C26H28FN3O3. The van der Waals surface area contributed by atoms with Gasteiger partial charge in [-0.3, -0.25) is 14.6 Å². The Balaban J connectivity index is 1.44. The summed E-state index contributed by atoms with van der Waals surface area (Å²) >= 11 is 0. The number of amides is 2. The second kappa shape index (κ2) is 9.67. The SMILES string of the molecule is CC(C)(NC(=O)c1cccc(F)c1)C(=O)N1CCOC[C@@H](Cc2ccc3ccncc3c2)C1. The number of benzene rings is 2. The molecule has 1 aliphatic heterocycles. The number of nitrogens with zero attached hydrogens (tertiary/aromatic N) is 2. The molecule has 172 valence electrons. The number of carbonyl (C=O) groups is 2. The molecule has 1 aromatic heterocycles. The van der Waals surface area contributed by atoms with E-state index in [1.807, 2.05) is 12.3 Å². The molecule has 1 atom stereocenters. The lowest BCUT2D eigenvalue weighted by molar-refractivity contribution is -0.137. The second-order valence-corrected chi connectivity index (χ2v) is 9.04. The van der Waals surface area contributed by atoms with E-state index in [0.29, 0.717) is 26.3 Å². The van der Waals surface area contributed by atoms with Gasteiger partial charge in [-0.15, -0.1) is 0 Å². The molecule has 0 unspecified atom stereocenters. The summed E-state index contributed by atoms with van der Waals surface area (Å²) in [5.41, 5.74) is 0.197. The minimum Gasteiger partial charge on any atom is -0.379 e. The third kappa shape index (κ3) is 5.54. The number of halogens is 1. The van der Waals surface area contributed by atoms with Gasteiger partial charge in [-0.25, -0.2) is 4.39 Å². The van der Waals surface area contributed by atoms with E-state index in [1.165, 1.54) is 18.2 Å². The zero-order chi connectivity index (χ0) is 23.4. The van der Waals surface area contributed by atoms with Crippen LogP contribution in [0.15, 0.2) is 60.9 Å². The molecule has 4 rings (SSSR count). The van der Waals surface area contributed by atoms with E-state index >= 15 is 0 Å². The molecule has 6 nitrogen and oxygen atoms in total. The van der Waals surface area contributed by atoms with Crippen molar-refractivity contribution in [1.29, 1.82) is 0 Å². The molecule has 7 heteroatoms. The number of aromatic nitrogens is 1. The van der Waals surface area contributed by atoms with Gasteiger partial charge in [0.05, 0.1) is 13.2 Å². The van der Waals surface area contributed by atoms with E-state index in [0.717, 1.165) is 28.8 Å². The molecule has 1 fully saturated rings. The lowest BCUT2D eigenvalue weighted by Crippen LogP contribution is -2.56. The number of hydrogen-bond donors (Lipinski definition) is 1. The van der Waals surface area contributed by atoms with Crippen molar-refractivity contribution >= 4 is 22.6 Å². The molecule has 0 spiro atoms. The van der Waals surface area contributed by atoms with Crippen molar-refractivity contribution in [2.75, 3.05) is 26.3 Å². The molecule has 0 aliphatic carbocycles. The van der Waals surface area contributed by atoms with Crippen molar-refractivity contribution in [2.24, 2.45) is 5.92 Å². The van der Waals surface area contributed by atoms with Gasteiger partial charge in [0.25, 0.3) is 5.91 Å². The summed E-state index contributed by atoms with van der Waals surface area (Å²) in [6.45, 7) is 5.33. The fourth-order valence-corrected chi connectivity index (χ4v) is 4.22. The summed E-state index contributed by atoms with van der Waals surface area (Å²) in [5, 5.41) is 4.98. The van der Waals surface area contributed by atoms with Crippen molar-refractivity contribution in [3.05, 3.63) is 77.9 Å². The van der Waals surface area contributed by atoms with E-state index < -0.39 is 17.3 Å². The van der Waals surface area contributed by atoms with Gasteiger partial charge < -0.3 is 15.0 Å². The van der Waals surface area contributed by atoms with Gasteiger partial charge in [-0.1, -0.05) is 18.2 Å². The van der Waals surface area contributed by atoms with E-state index in [1.54, 1.807) is 24.9 Å². The maximum atomic E-state index is 13.5. The van der Waals surface area contributed by atoms with Crippen molar-refractivity contribution < 1.29 is 18.7 Å². The van der Waals surface area contributed by atoms with Gasteiger partial charge in [0, 0.05) is 42.4 Å². The van der Waals surface area contributed by atoms with Gasteiger partial charge in [-0.05, 0) is 61.5 Å². The van der Waals surface area contributed by atoms with Crippen LogP contribution in [0.3, 0.4) is 0 Å².